The number of benzene rings is 2. The number of fused-ring (bicyclic) bond motifs is 1. The Morgan fingerprint density at radius 3 is 2.68 bits per heavy atom. The Morgan fingerprint density at radius 1 is 1.16 bits per heavy atom. The number of amides is 2. The quantitative estimate of drug-likeness (QED) is 0.541. The summed E-state index contributed by atoms with van der Waals surface area (Å²) in [6.07, 6.45) is -1.05. The number of nitrogens with zero attached hydrogens (tertiary/aromatic N) is 1. The minimum atomic E-state index is -0.831. The number of aliphatic hydroxyl groups is 2. The molecule has 7 nitrogen and oxygen atoms in total. The van der Waals surface area contributed by atoms with E-state index in [1.807, 2.05) is 12.1 Å². The molecule has 0 spiro atoms. The van der Waals surface area contributed by atoms with E-state index in [0.29, 0.717) is 17.3 Å². The van der Waals surface area contributed by atoms with E-state index >= 15 is 0 Å². The number of aliphatic hydroxyl groups excluding tert-OH is 2. The van der Waals surface area contributed by atoms with E-state index in [1.54, 1.807) is 24.3 Å². The van der Waals surface area contributed by atoms with Gasteiger partial charge in [-0.2, -0.15) is 0 Å². The highest BCUT2D eigenvalue weighted by molar-refractivity contribution is 6.30. The normalized spacial score (nSPS) is 25.4. The summed E-state index contributed by atoms with van der Waals surface area (Å²) < 4.78 is 5.89. The molecule has 0 radical (unpaired) electrons. The first kappa shape index (κ1) is 23.8. The van der Waals surface area contributed by atoms with Crippen molar-refractivity contribution in [1.29, 1.82) is 0 Å². The summed E-state index contributed by atoms with van der Waals surface area (Å²) in [5, 5.41) is 26.5. The summed E-state index contributed by atoms with van der Waals surface area (Å²) in [5.41, 5.74) is 3.13. The maximum Gasteiger partial charge on any atom is 0.319 e. The molecule has 2 amide bonds. The first-order valence-corrected chi connectivity index (χ1v) is 10.5. The number of nitrogens with one attached hydrogen (secondary N) is 2. The van der Waals surface area contributed by atoms with Crippen molar-refractivity contribution in [2.45, 2.75) is 37.3 Å². The lowest BCUT2D eigenvalue weighted by Crippen LogP contribution is -2.52. The van der Waals surface area contributed by atoms with Gasteiger partial charge in [0.1, 0.15) is 12.2 Å². The van der Waals surface area contributed by atoms with Crippen molar-refractivity contribution in [2.75, 3.05) is 25.0 Å². The number of anilines is 1. The minimum absolute atomic E-state index is 0. The van der Waals surface area contributed by atoms with Crippen molar-refractivity contribution in [3.63, 3.8) is 0 Å². The fourth-order valence-electron chi connectivity index (χ4n) is 4.30. The Bertz CT molecular complexity index is 901. The van der Waals surface area contributed by atoms with Crippen LogP contribution >= 0.6 is 24.0 Å². The summed E-state index contributed by atoms with van der Waals surface area (Å²) in [6, 6.07) is 14.5. The van der Waals surface area contributed by atoms with Gasteiger partial charge in [-0.3, -0.25) is 4.90 Å². The predicted octanol–water partition coefficient (Wildman–Crippen LogP) is 2.43. The maximum absolute atomic E-state index is 12.3. The molecule has 1 saturated heterocycles. The molecule has 2 aliphatic rings. The summed E-state index contributed by atoms with van der Waals surface area (Å²) >= 11 is 5.95. The van der Waals surface area contributed by atoms with Crippen molar-refractivity contribution in [3.8, 4) is 0 Å². The van der Waals surface area contributed by atoms with Crippen LogP contribution in [-0.4, -0.2) is 65.2 Å². The summed E-state index contributed by atoms with van der Waals surface area (Å²) in [5.74, 6) is 0. The van der Waals surface area contributed by atoms with Gasteiger partial charge in [-0.05, 0) is 35.7 Å². The molecular formula is C22H27Cl2N3O4. The first-order valence-electron chi connectivity index (χ1n) is 10.1. The van der Waals surface area contributed by atoms with E-state index in [-0.39, 0.29) is 37.6 Å². The van der Waals surface area contributed by atoms with Crippen molar-refractivity contribution in [1.82, 2.24) is 10.2 Å². The highest BCUT2D eigenvalue weighted by Gasteiger charge is 2.46. The lowest BCUT2D eigenvalue weighted by atomic mass is 9.95. The summed E-state index contributed by atoms with van der Waals surface area (Å²) in [7, 11) is 0. The molecule has 2 aliphatic heterocycles. The van der Waals surface area contributed by atoms with Crippen LogP contribution in [0.15, 0.2) is 48.5 Å². The average molecular weight is 468 g/mol. The maximum atomic E-state index is 12.3. The van der Waals surface area contributed by atoms with Gasteiger partial charge in [0, 0.05) is 30.3 Å². The van der Waals surface area contributed by atoms with Crippen LogP contribution in [0, 0.1) is 0 Å². The molecule has 2 aromatic rings. The number of hydrogen-bond donors (Lipinski definition) is 4. The largest absolute Gasteiger partial charge is 0.394 e. The summed E-state index contributed by atoms with van der Waals surface area (Å²) in [6.45, 7) is 1.42. The molecule has 0 aromatic heterocycles. The molecular weight excluding hydrogens is 441 g/mol. The highest BCUT2D eigenvalue weighted by atomic mass is 35.5. The second-order valence-electron chi connectivity index (χ2n) is 7.71. The third-order valence-electron chi connectivity index (χ3n) is 5.77. The van der Waals surface area contributed by atoms with Gasteiger partial charge in [-0.15, -0.1) is 12.4 Å². The predicted molar refractivity (Wildman–Crippen MR) is 122 cm³/mol. The van der Waals surface area contributed by atoms with Crippen LogP contribution in [0.25, 0.3) is 0 Å². The van der Waals surface area contributed by atoms with Gasteiger partial charge in [-0.25, -0.2) is 4.79 Å². The molecule has 2 heterocycles. The molecule has 168 valence electrons. The average Bonchev–Trinajstić information content (AvgIpc) is 3.07. The van der Waals surface area contributed by atoms with Crippen molar-refractivity contribution in [2.24, 2.45) is 0 Å². The number of carbonyl (C=O) groups is 1. The van der Waals surface area contributed by atoms with Gasteiger partial charge < -0.3 is 25.6 Å². The van der Waals surface area contributed by atoms with Crippen LogP contribution in [0.4, 0.5) is 10.5 Å². The van der Waals surface area contributed by atoms with Crippen LogP contribution in [0.5, 0.6) is 0 Å². The second-order valence-corrected chi connectivity index (χ2v) is 8.15. The molecule has 4 rings (SSSR count). The van der Waals surface area contributed by atoms with Crippen LogP contribution in [-0.2, 0) is 17.7 Å². The van der Waals surface area contributed by atoms with E-state index in [1.165, 1.54) is 11.1 Å². The van der Waals surface area contributed by atoms with Gasteiger partial charge in [0.05, 0.1) is 18.8 Å². The molecule has 4 N–H and O–H groups in total. The molecule has 9 heteroatoms. The third-order valence-corrected chi connectivity index (χ3v) is 6.00. The van der Waals surface area contributed by atoms with Crippen molar-refractivity contribution < 1.29 is 19.7 Å². The Labute approximate surface area is 192 Å². The zero-order chi connectivity index (χ0) is 21.1. The lowest BCUT2D eigenvalue weighted by molar-refractivity contribution is -0.0205. The number of rotatable bonds is 5. The Kier molecular flexibility index (Phi) is 8.16. The number of urea groups is 1. The Hall–Kier alpha value is -1.87. The molecule has 2 aromatic carbocycles. The minimum Gasteiger partial charge on any atom is -0.394 e. The molecule has 31 heavy (non-hydrogen) atoms. The van der Waals surface area contributed by atoms with Gasteiger partial charge >= 0.3 is 6.03 Å². The number of hydrogen-bond acceptors (Lipinski definition) is 5. The standard InChI is InChI=1S/C22H26ClN3O4.ClH/c23-16-6-3-7-17(10-16)25-22(29)24-11-18-20(21(28)19(13-27)30-18)26-9-8-14-4-1-2-5-15(14)12-26;/h1-7,10,18-21,27-28H,8-9,11-13H2,(H2,24,25,29);1H/t18-,19+,20+,21-;/m1./s1. The van der Waals surface area contributed by atoms with Gasteiger partial charge in [0.25, 0.3) is 0 Å². The second kappa shape index (κ2) is 10.6. The van der Waals surface area contributed by atoms with E-state index in [9.17, 15) is 15.0 Å². The fourth-order valence-corrected chi connectivity index (χ4v) is 4.49. The molecule has 0 unspecified atom stereocenters. The lowest BCUT2D eigenvalue weighted by Gasteiger charge is -2.37. The first-order chi connectivity index (χ1) is 14.5. The van der Waals surface area contributed by atoms with Gasteiger partial charge in [0.15, 0.2) is 0 Å². The summed E-state index contributed by atoms with van der Waals surface area (Å²) in [4.78, 5) is 14.5. The monoisotopic (exact) mass is 467 g/mol. The Balaban J connectivity index is 0.00000272. The third kappa shape index (κ3) is 5.49. The van der Waals surface area contributed by atoms with Crippen LogP contribution in [0.1, 0.15) is 11.1 Å². The molecule has 0 saturated carbocycles. The van der Waals surface area contributed by atoms with E-state index in [2.05, 4.69) is 27.7 Å². The fraction of sp³-hybridized carbons (Fsp3) is 0.409. The zero-order valence-electron chi connectivity index (χ0n) is 16.9. The van der Waals surface area contributed by atoms with Crippen LogP contribution < -0.4 is 10.6 Å². The Morgan fingerprint density at radius 2 is 1.94 bits per heavy atom. The van der Waals surface area contributed by atoms with Gasteiger partial charge in [0.2, 0.25) is 0 Å². The molecule has 0 aliphatic carbocycles. The topological polar surface area (TPSA) is 94.1 Å². The van der Waals surface area contributed by atoms with E-state index < -0.39 is 18.3 Å². The van der Waals surface area contributed by atoms with Crippen LogP contribution in [0.2, 0.25) is 5.02 Å². The molecule has 1 fully saturated rings. The van der Waals surface area contributed by atoms with Gasteiger partial charge in [-0.1, -0.05) is 41.9 Å². The SMILES string of the molecule is Cl.O=C(NC[C@H]1O[C@@H](CO)[C@@H](O)[C@H]1N1CCc2ccccc2C1)Nc1cccc(Cl)c1. The highest BCUT2D eigenvalue weighted by Crippen LogP contribution is 2.30. The zero-order valence-corrected chi connectivity index (χ0v) is 18.5. The smallest absolute Gasteiger partial charge is 0.319 e. The molecule has 0 bridgehead atoms. The van der Waals surface area contributed by atoms with Crippen molar-refractivity contribution >= 4 is 35.7 Å². The van der Waals surface area contributed by atoms with Crippen molar-refractivity contribution in [3.05, 3.63) is 64.7 Å². The number of ether oxygens (including phenoxy) is 1. The van der Waals surface area contributed by atoms with Crippen LogP contribution in [0.3, 0.4) is 0 Å². The molecule has 4 atom stereocenters. The number of carbonyl (C=O) groups excluding carboxylic acids is 1. The number of halogens is 2. The van der Waals surface area contributed by atoms with E-state index in [4.69, 9.17) is 16.3 Å². The van der Waals surface area contributed by atoms with E-state index in [0.717, 1.165) is 13.0 Å².